The number of aryl methyl sites for hydroxylation is 1. The van der Waals surface area contributed by atoms with E-state index in [9.17, 15) is 18.0 Å². The Morgan fingerprint density at radius 3 is 2.59 bits per heavy atom. The monoisotopic (exact) mass is 420 g/mol. The van der Waals surface area contributed by atoms with Crippen molar-refractivity contribution in [2.24, 2.45) is 0 Å². The van der Waals surface area contributed by atoms with Crippen LogP contribution in [0.25, 0.3) is 0 Å². The second-order valence-electron chi connectivity index (χ2n) is 7.44. The molecule has 29 heavy (non-hydrogen) atoms. The van der Waals surface area contributed by atoms with Crippen LogP contribution in [0.1, 0.15) is 31.2 Å². The minimum atomic E-state index is -3.94. The number of sulfonamides is 1. The van der Waals surface area contributed by atoms with Gasteiger partial charge in [-0.1, -0.05) is 17.7 Å². The lowest BCUT2D eigenvalue weighted by Gasteiger charge is -2.31. The smallest absolute Gasteiger partial charge is 0.264 e. The van der Waals surface area contributed by atoms with Crippen molar-refractivity contribution in [2.75, 3.05) is 26.2 Å². The summed E-state index contributed by atoms with van der Waals surface area (Å²) in [7, 11) is -3.94. The zero-order valence-electron chi connectivity index (χ0n) is 16.6. The lowest BCUT2D eigenvalue weighted by molar-refractivity contribution is -0.129. The molecule has 0 aliphatic carbocycles. The molecule has 9 heteroatoms. The van der Waals surface area contributed by atoms with Gasteiger partial charge in [-0.3, -0.25) is 13.9 Å². The van der Waals surface area contributed by atoms with E-state index in [-0.39, 0.29) is 17.2 Å². The average molecular weight is 421 g/mol. The summed E-state index contributed by atoms with van der Waals surface area (Å²) in [5.74, 6) is -0.860. The Kier molecular flexibility index (Phi) is 6.92. The summed E-state index contributed by atoms with van der Waals surface area (Å²) >= 11 is 0. The van der Waals surface area contributed by atoms with Crippen LogP contribution in [0.5, 0.6) is 0 Å². The maximum Gasteiger partial charge on any atom is 0.264 e. The van der Waals surface area contributed by atoms with Crippen LogP contribution in [0.15, 0.2) is 41.6 Å². The standard InChI is InChI=1S/C20H28N4O4S/c1-16-5-7-17(8-6-16)29(27,28)24-14-10-22-20(26)18(24)15-19(25)21-9-4-13-23-11-2-3-12-23/h5-8,10,14,18H,2-4,9,11-13,15H2,1H3,(H,21,25)(H,22,26)/t18-/m1/s1. The van der Waals surface area contributed by atoms with Gasteiger partial charge in [-0.2, -0.15) is 0 Å². The molecule has 0 spiro atoms. The highest BCUT2D eigenvalue weighted by atomic mass is 32.2. The number of hydrogen-bond acceptors (Lipinski definition) is 5. The molecule has 1 fully saturated rings. The van der Waals surface area contributed by atoms with Crippen molar-refractivity contribution in [3.05, 3.63) is 42.2 Å². The summed E-state index contributed by atoms with van der Waals surface area (Å²) in [6.45, 7) is 5.51. The van der Waals surface area contributed by atoms with Gasteiger partial charge in [0.25, 0.3) is 10.0 Å². The van der Waals surface area contributed by atoms with Crippen LogP contribution < -0.4 is 10.6 Å². The third kappa shape index (κ3) is 5.36. The van der Waals surface area contributed by atoms with Gasteiger partial charge in [0.05, 0.1) is 11.3 Å². The fourth-order valence-electron chi connectivity index (χ4n) is 3.56. The molecular weight excluding hydrogens is 392 g/mol. The molecule has 2 heterocycles. The Balaban J connectivity index is 1.61. The molecule has 0 saturated carbocycles. The minimum absolute atomic E-state index is 0.0819. The highest BCUT2D eigenvalue weighted by Gasteiger charge is 2.36. The van der Waals surface area contributed by atoms with E-state index in [1.165, 1.54) is 37.4 Å². The summed E-state index contributed by atoms with van der Waals surface area (Å²) in [5, 5.41) is 5.29. The average Bonchev–Trinajstić information content (AvgIpc) is 3.20. The van der Waals surface area contributed by atoms with Crippen LogP contribution in [-0.2, 0) is 19.6 Å². The number of likely N-dealkylation sites (tertiary alicyclic amines) is 1. The van der Waals surface area contributed by atoms with E-state index in [1.54, 1.807) is 12.1 Å². The molecule has 1 aromatic carbocycles. The predicted octanol–water partition coefficient (Wildman–Crippen LogP) is 0.948. The van der Waals surface area contributed by atoms with Crippen molar-refractivity contribution in [3.8, 4) is 0 Å². The van der Waals surface area contributed by atoms with Crippen molar-refractivity contribution < 1.29 is 18.0 Å². The van der Waals surface area contributed by atoms with Gasteiger partial charge in [-0.25, -0.2) is 8.42 Å². The van der Waals surface area contributed by atoms with E-state index in [0.717, 1.165) is 35.9 Å². The fraction of sp³-hybridized carbons (Fsp3) is 0.500. The fourth-order valence-corrected chi connectivity index (χ4v) is 5.01. The van der Waals surface area contributed by atoms with E-state index < -0.39 is 22.0 Å². The molecule has 0 aromatic heterocycles. The highest BCUT2D eigenvalue weighted by Crippen LogP contribution is 2.22. The molecule has 2 aliphatic rings. The molecule has 1 aromatic rings. The Hall–Kier alpha value is -2.39. The van der Waals surface area contributed by atoms with Gasteiger partial charge in [0.15, 0.2) is 0 Å². The maximum atomic E-state index is 13.0. The molecule has 0 unspecified atom stereocenters. The molecule has 2 aliphatic heterocycles. The van der Waals surface area contributed by atoms with Crippen LogP contribution in [-0.4, -0.2) is 61.7 Å². The SMILES string of the molecule is Cc1ccc(S(=O)(=O)N2C=CNC(=O)[C@H]2CC(=O)NCCCN2CCCC2)cc1. The number of benzene rings is 1. The lowest BCUT2D eigenvalue weighted by Crippen LogP contribution is -2.51. The Morgan fingerprint density at radius 2 is 1.90 bits per heavy atom. The normalized spacial score (nSPS) is 20.0. The van der Waals surface area contributed by atoms with Crippen LogP contribution in [0.3, 0.4) is 0 Å². The van der Waals surface area contributed by atoms with E-state index in [2.05, 4.69) is 15.5 Å². The quantitative estimate of drug-likeness (QED) is 0.610. The van der Waals surface area contributed by atoms with Gasteiger partial charge in [0, 0.05) is 18.9 Å². The third-order valence-corrected chi connectivity index (χ3v) is 7.00. The van der Waals surface area contributed by atoms with E-state index >= 15 is 0 Å². The summed E-state index contributed by atoms with van der Waals surface area (Å²) in [6.07, 6.45) is 5.61. The molecule has 0 radical (unpaired) electrons. The van der Waals surface area contributed by atoms with E-state index in [0.29, 0.717) is 6.54 Å². The first-order valence-corrected chi connectivity index (χ1v) is 11.4. The summed E-state index contributed by atoms with van der Waals surface area (Å²) in [5.41, 5.74) is 0.931. The first-order valence-electron chi connectivity index (χ1n) is 9.94. The summed E-state index contributed by atoms with van der Waals surface area (Å²) < 4.78 is 27.0. The van der Waals surface area contributed by atoms with Gasteiger partial charge in [-0.05, 0) is 58.0 Å². The van der Waals surface area contributed by atoms with Crippen molar-refractivity contribution in [3.63, 3.8) is 0 Å². The number of hydrogen-bond donors (Lipinski definition) is 2. The van der Waals surface area contributed by atoms with Crippen LogP contribution in [0.2, 0.25) is 0 Å². The first kappa shape index (κ1) is 21.3. The number of carbonyl (C=O) groups excluding carboxylic acids is 2. The van der Waals surface area contributed by atoms with E-state index in [1.807, 2.05) is 6.92 Å². The Labute approximate surface area is 172 Å². The van der Waals surface area contributed by atoms with Crippen LogP contribution in [0.4, 0.5) is 0 Å². The Morgan fingerprint density at radius 1 is 1.21 bits per heavy atom. The van der Waals surface area contributed by atoms with Crippen LogP contribution >= 0.6 is 0 Å². The zero-order valence-corrected chi connectivity index (χ0v) is 17.5. The number of amides is 2. The second kappa shape index (κ2) is 9.41. The molecule has 8 nitrogen and oxygen atoms in total. The molecule has 2 N–H and O–H groups in total. The van der Waals surface area contributed by atoms with Gasteiger partial charge in [0.2, 0.25) is 11.8 Å². The number of rotatable bonds is 8. The lowest BCUT2D eigenvalue weighted by atomic mass is 10.1. The molecule has 1 saturated heterocycles. The van der Waals surface area contributed by atoms with Gasteiger partial charge >= 0.3 is 0 Å². The third-order valence-electron chi connectivity index (χ3n) is 5.20. The molecule has 0 bridgehead atoms. The molecule has 2 amide bonds. The molecular formula is C20H28N4O4S. The van der Waals surface area contributed by atoms with Crippen molar-refractivity contribution in [1.82, 2.24) is 19.8 Å². The zero-order chi connectivity index (χ0) is 20.9. The maximum absolute atomic E-state index is 13.0. The van der Waals surface area contributed by atoms with Gasteiger partial charge in [-0.15, -0.1) is 0 Å². The van der Waals surface area contributed by atoms with Crippen molar-refractivity contribution in [2.45, 2.75) is 43.5 Å². The number of nitrogens with zero attached hydrogens (tertiary/aromatic N) is 2. The predicted molar refractivity (Wildman–Crippen MR) is 109 cm³/mol. The van der Waals surface area contributed by atoms with Gasteiger partial charge in [0.1, 0.15) is 6.04 Å². The van der Waals surface area contributed by atoms with E-state index in [4.69, 9.17) is 0 Å². The minimum Gasteiger partial charge on any atom is -0.356 e. The first-order chi connectivity index (χ1) is 13.9. The molecule has 1 atom stereocenters. The molecule has 158 valence electrons. The largest absolute Gasteiger partial charge is 0.356 e. The summed E-state index contributed by atoms with van der Waals surface area (Å²) in [4.78, 5) is 27.1. The second-order valence-corrected chi connectivity index (χ2v) is 9.29. The highest BCUT2D eigenvalue weighted by molar-refractivity contribution is 7.89. The molecule has 3 rings (SSSR count). The topological polar surface area (TPSA) is 98.8 Å². The van der Waals surface area contributed by atoms with Gasteiger partial charge < -0.3 is 15.5 Å². The van der Waals surface area contributed by atoms with Crippen LogP contribution in [0, 0.1) is 6.92 Å². The Bertz CT molecular complexity index is 861. The number of nitrogens with one attached hydrogen (secondary N) is 2. The number of carbonyl (C=O) groups is 2. The van der Waals surface area contributed by atoms with Crippen molar-refractivity contribution >= 4 is 21.8 Å². The summed E-state index contributed by atoms with van der Waals surface area (Å²) in [6, 6.07) is 5.27. The van der Waals surface area contributed by atoms with Crippen molar-refractivity contribution in [1.29, 1.82) is 0 Å².